The Morgan fingerprint density at radius 3 is 2.36 bits per heavy atom. The van der Waals surface area contributed by atoms with E-state index in [0.29, 0.717) is 38.0 Å². The lowest BCUT2D eigenvalue weighted by molar-refractivity contribution is -0.154. The van der Waals surface area contributed by atoms with Crippen LogP contribution in [0.5, 0.6) is 0 Å². The average molecular weight is 614 g/mol. The van der Waals surface area contributed by atoms with Gasteiger partial charge in [0.25, 0.3) is 5.91 Å². The van der Waals surface area contributed by atoms with E-state index in [9.17, 15) is 14.4 Å². The van der Waals surface area contributed by atoms with Gasteiger partial charge in [-0.15, -0.1) is 5.48 Å². The van der Waals surface area contributed by atoms with Gasteiger partial charge in [0.2, 0.25) is 0 Å². The fourth-order valence-corrected chi connectivity index (χ4v) is 4.78. The summed E-state index contributed by atoms with van der Waals surface area (Å²) in [5.41, 5.74) is 5.54. The van der Waals surface area contributed by atoms with Crippen LogP contribution in [0.15, 0.2) is 85.1 Å². The molecule has 1 aromatic heterocycles. The Morgan fingerprint density at radius 2 is 1.62 bits per heavy atom. The van der Waals surface area contributed by atoms with Crippen molar-refractivity contribution in [1.29, 1.82) is 0 Å². The number of rotatable bonds is 14. The van der Waals surface area contributed by atoms with Crippen LogP contribution in [0.2, 0.25) is 0 Å². The molecule has 0 aliphatic carbocycles. The van der Waals surface area contributed by atoms with Gasteiger partial charge in [-0.1, -0.05) is 54.6 Å². The van der Waals surface area contributed by atoms with E-state index in [1.165, 1.54) is 0 Å². The first-order valence-corrected chi connectivity index (χ1v) is 15.2. The van der Waals surface area contributed by atoms with Crippen molar-refractivity contribution in [2.24, 2.45) is 7.05 Å². The summed E-state index contributed by atoms with van der Waals surface area (Å²) < 4.78 is 7.31. The van der Waals surface area contributed by atoms with Gasteiger partial charge >= 0.3 is 12.1 Å². The lowest BCUT2D eigenvalue weighted by Gasteiger charge is -2.19. The molecule has 238 valence electrons. The summed E-state index contributed by atoms with van der Waals surface area (Å²) in [4.78, 5) is 43.8. The smallest absolute Gasteiger partial charge is 0.407 e. The van der Waals surface area contributed by atoms with Gasteiger partial charge in [-0.3, -0.25) is 4.79 Å². The van der Waals surface area contributed by atoms with Gasteiger partial charge in [0, 0.05) is 37.6 Å². The number of hydrogen-bond donors (Lipinski definition) is 4. The number of amides is 2. The lowest BCUT2D eigenvalue weighted by Crippen LogP contribution is -2.43. The molecule has 0 spiro atoms. The van der Waals surface area contributed by atoms with Crippen LogP contribution in [0.1, 0.15) is 60.8 Å². The molecule has 0 aliphatic rings. The zero-order valence-corrected chi connectivity index (χ0v) is 26.4. The average Bonchev–Trinajstić information content (AvgIpc) is 3.42. The molecule has 0 fully saturated rings. The van der Waals surface area contributed by atoms with Gasteiger partial charge in [0.05, 0.1) is 6.54 Å². The zero-order valence-electron chi connectivity index (χ0n) is 26.4. The standard InChI is InChI=1S/C35H43N5O5/c1-35(2,3)44-34(43)37-22-25-16-18-27(19-17-25)32(41)39-31(15-8-20-36-24-29-13-9-21-40(29)4)33(42)45-38-23-28-12-7-11-26-10-5-6-14-30(26)28/h5-7,9-14,16-19,21,31,36,38H,8,15,20,22-24H2,1-4H3,(H,37,43)(H,39,41)/t31-/m0/s1. The van der Waals surface area contributed by atoms with Crippen molar-refractivity contribution in [1.82, 2.24) is 26.0 Å². The van der Waals surface area contributed by atoms with Crippen LogP contribution < -0.4 is 21.4 Å². The minimum Gasteiger partial charge on any atom is -0.444 e. The van der Waals surface area contributed by atoms with Crippen molar-refractivity contribution in [3.8, 4) is 0 Å². The first kappa shape index (κ1) is 33.2. The molecule has 2 amide bonds. The van der Waals surface area contributed by atoms with E-state index in [0.717, 1.165) is 27.6 Å². The number of nitrogens with one attached hydrogen (secondary N) is 4. The fraction of sp³-hybridized carbons (Fsp3) is 0.343. The van der Waals surface area contributed by atoms with Crippen LogP contribution in [-0.2, 0) is 41.1 Å². The minimum absolute atomic E-state index is 0.254. The molecule has 1 heterocycles. The van der Waals surface area contributed by atoms with E-state index in [1.807, 2.05) is 72.4 Å². The van der Waals surface area contributed by atoms with E-state index >= 15 is 0 Å². The van der Waals surface area contributed by atoms with E-state index < -0.39 is 29.6 Å². The fourth-order valence-electron chi connectivity index (χ4n) is 4.78. The molecule has 10 heteroatoms. The third-order valence-electron chi connectivity index (χ3n) is 7.16. The van der Waals surface area contributed by atoms with Gasteiger partial charge < -0.3 is 30.1 Å². The normalized spacial score (nSPS) is 12.0. The summed E-state index contributed by atoms with van der Waals surface area (Å²) >= 11 is 0. The van der Waals surface area contributed by atoms with Crippen LogP contribution in [0.25, 0.3) is 10.8 Å². The molecule has 3 aromatic carbocycles. The third-order valence-corrected chi connectivity index (χ3v) is 7.16. The third kappa shape index (κ3) is 10.5. The van der Waals surface area contributed by atoms with E-state index in [4.69, 9.17) is 9.57 Å². The summed E-state index contributed by atoms with van der Waals surface area (Å²) in [5.74, 6) is -0.960. The maximum Gasteiger partial charge on any atom is 0.407 e. The summed E-state index contributed by atoms with van der Waals surface area (Å²) in [7, 11) is 1.99. The van der Waals surface area contributed by atoms with E-state index in [-0.39, 0.29) is 6.54 Å². The molecule has 4 rings (SSSR count). The number of ether oxygens (including phenoxy) is 1. The highest BCUT2D eigenvalue weighted by molar-refractivity contribution is 5.96. The molecule has 0 radical (unpaired) electrons. The molecule has 0 aliphatic heterocycles. The highest BCUT2D eigenvalue weighted by Gasteiger charge is 2.23. The lowest BCUT2D eigenvalue weighted by atomic mass is 10.1. The number of hydrogen-bond acceptors (Lipinski definition) is 7. The van der Waals surface area contributed by atoms with Crippen LogP contribution in [0.3, 0.4) is 0 Å². The molecule has 4 aromatic rings. The van der Waals surface area contributed by atoms with Gasteiger partial charge in [-0.25, -0.2) is 9.59 Å². The number of fused-ring (bicyclic) bond motifs is 1. The van der Waals surface area contributed by atoms with Crippen molar-refractivity contribution < 1.29 is 24.0 Å². The quantitative estimate of drug-likeness (QED) is 0.115. The van der Waals surface area contributed by atoms with E-state index in [1.54, 1.807) is 45.0 Å². The van der Waals surface area contributed by atoms with Crippen molar-refractivity contribution in [2.45, 2.75) is 64.9 Å². The number of aryl methyl sites for hydroxylation is 1. The predicted molar refractivity (Wildman–Crippen MR) is 174 cm³/mol. The Morgan fingerprint density at radius 1 is 0.867 bits per heavy atom. The Hall–Kier alpha value is -4.67. The summed E-state index contributed by atoms with van der Waals surface area (Å²) in [5, 5.41) is 11.1. The number of carbonyl (C=O) groups excluding carboxylic acids is 3. The highest BCUT2D eigenvalue weighted by Crippen LogP contribution is 2.18. The minimum atomic E-state index is -0.858. The Bertz CT molecular complexity index is 1570. The van der Waals surface area contributed by atoms with Gasteiger partial charge in [-0.2, -0.15) is 0 Å². The van der Waals surface area contributed by atoms with Crippen LogP contribution >= 0.6 is 0 Å². The summed E-state index contributed by atoms with van der Waals surface area (Å²) in [6.45, 7) is 7.33. The molecule has 10 nitrogen and oxygen atoms in total. The van der Waals surface area contributed by atoms with Crippen molar-refractivity contribution >= 4 is 28.7 Å². The van der Waals surface area contributed by atoms with Crippen molar-refractivity contribution in [2.75, 3.05) is 6.54 Å². The molecular formula is C35H43N5O5. The predicted octanol–water partition coefficient (Wildman–Crippen LogP) is 5.12. The van der Waals surface area contributed by atoms with Gasteiger partial charge in [0.1, 0.15) is 11.6 Å². The summed E-state index contributed by atoms with van der Waals surface area (Å²) in [6, 6.07) is 24.0. The highest BCUT2D eigenvalue weighted by atomic mass is 16.7. The van der Waals surface area contributed by atoms with Gasteiger partial charge in [0.15, 0.2) is 0 Å². The molecule has 0 bridgehead atoms. The number of nitrogens with zero attached hydrogens (tertiary/aromatic N) is 1. The SMILES string of the molecule is Cn1cccc1CNCCC[C@H](NC(=O)c1ccc(CNC(=O)OC(C)(C)C)cc1)C(=O)ONCc1cccc2ccccc12. The van der Waals surface area contributed by atoms with E-state index in [2.05, 4.69) is 21.4 Å². The number of hydroxylamine groups is 1. The topological polar surface area (TPSA) is 123 Å². The second kappa shape index (κ2) is 15.9. The largest absolute Gasteiger partial charge is 0.444 e. The Balaban J connectivity index is 1.33. The second-order valence-electron chi connectivity index (χ2n) is 11.9. The molecular weight excluding hydrogens is 570 g/mol. The van der Waals surface area contributed by atoms with Crippen molar-refractivity contribution in [3.05, 3.63) is 107 Å². The zero-order chi connectivity index (χ0) is 32.2. The first-order valence-electron chi connectivity index (χ1n) is 15.2. The number of carbonyl (C=O) groups is 3. The maximum atomic E-state index is 13.2. The van der Waals surface area contributed by atoms with Crippen molar-refractivity contribution in [3.63, 3.8) is 0 Å². The Labute approximate surface area is 264 Å². The van der Waals surface area contributed by atoms with Crippen LogP contribution in [0, 0.1) is 0 Å². The number of alkyl carbamates (subject to hydrolysis) is 1. The molecule has 0 saturated heterocycles. The van der Waals surface area contributed by atoms with Crippen LogP contribution in [0.4, 0.5) is 4.79 Å². The summed E-state index contributed by atoms with van der Waals surface area (Å²) in [6.07, 6.45) is 2.51. The molecule has 0 unspecified atom stereocenters. The first-order chi connectivity index (χ1) is 21.6. The molecule has 0 saturated carbocycles. The van der Waals surface area contributed by atoms with Gasteiger partial charge in [-0.05, 0) is 86.3 Å². The number of aromatic nitrogens is 1. The molecule has 1 atom stereocenters. The molecule has 4 N–H and O–H groups in total. The Kier molecular flexibility index (Phi) is 11.7. The van der Waals surface area contributed by atoms with Crippen LogP contribution in [-0.4, -0.2) is 40.7 Å². The number of benzene rings is 3. The monoisotopic (exact) mass is 613 g/mol. The molecule has 45 heavy (non-hydrogen) atoms. The second-order valence-corrected chi connectivity index (χ2v) is 11.9. The maximum absolute atomic E-state index is 13.2.